The second-order valence-corrected chi connectivity index (χ2v) is 5.10. The van der Waals surface area contributed by atoms with E-state index in [-0.39, 0.29) is 0 Å². The van der Waals surface area contributed by atoms with Crippen molar-refractivity contribution in [1.29, 1.82) is 0 Å². The van der Waals surface area contributed by atoms with Gasteiger partial charge in [0.05, 0.1) is 0 Å². The Morgan fingerprint density at radius 1 is 1.47 bits per heavy atom. The molecule has 0 bridgehead atoms. The van der Waals surface area contributed by atoms with E-state index in [1.165, 1.54) is 19.3 Å². The van der Waals surface area contributed by atoms with Crippen molar-refractivity contribution in [3.05, 3.63) is 18.0 Å². The lowest BCUT2D eigenvalue weighted by molar-refractivity contribution is 0.348. The van der Waals surface area contributed by atoms with Crippen LogP contribution in [0.5, 0.6) is 0 Å². The normalized spacial score (nSPS) is 24.1. The third kappa shape index (κ3) is 2.28. The van der Waals surface area contributed by atoms with Gasteiger partial charge in [0.15, 0.2) is 0 Å². The molecule has 0 aromatic carbocycles. The first-order valence-electron chi connectivity index (χ1n) is 5.64. The number of aromatic nitrogens is 2. The van der Waals surface area contributed by atoms with Gasteiger partial charge in [-0.05, 0) is 31.2 Å². The van der Waals surface area contributed by atoms with Crippen LogP contribution in [0.3, 0.4) is 0 Å². The molecule has 1 heterocycles. The summed E-state index contributed by atoms with van der Waals surface area (Å²) < 4.78 is 0. The molecular weight excluding hydrogens is 186 g/mol. The third-order valence-electron chi connectivity index (χ3n) is 3.36. The van der Waals surface area contributed by atoms with Crippen molar-refractivity contribution >= 4 is 5.95 Å². The number of anilines is 1. The van der Waals surface area contributed by atoms with Gasteiger partial charge in [-0.2, -0.15) is 0 Å². The van der Waals surface area contributed by atoms with Crippen molar-refractivity contribution in [2.45, 2.75) is 46.1 Å². The summed E-state index contributed by atoms with van der Waals surface area (Å²) in [4.78, 5) is 8.63. The highest BCUT2D eigenvalue weighted by Gasteiger charge is 2.34. The zero-order valence-electron chi connectivity index (χ0n) is 9.75. The molecule has 0 amide bonds. The van der Waals surface area contributed by atoms with Crippen molar-refractivity contribution in [3.8, 4) is 0 Å². The molecular formula is C12H19N3. The molecule has 3 nitrogen and oxygen atoms in total. The average molecular weight is 205 g/mol. The van der Waals surface area contributed by atoms with Crippen LogP contribution >= 0.6 is 0 Å². The van der Waals surface area contributed by atoms with Crippen LogP contribution in [0.1, 0.15) is 38.8 Å². The van der Waals surface area contributed by atoms with Crippen LogP contribution < -0.4 is 5.32 Å². The molecule has 1 aromatic rings. The summed E-state index contributed by atoms with van der Waals surface area (Å²) >= 11 is 0. The first-order valence-corrected chi connectivity index (χ1v) is 5.64. The van der Waals surface area contributed by atoms with Crippen LogP contribution in [0.4, 0.5) is 5.95 Å². The maximum atomic E-state index is 4.38. The van der Waals surface area contributed by atoms with Crippen LogP contribution in [0.2, 0.25) is 0 Å². The number of nitrogens with one attached hydrogen (secondary N) is 1. The molecule has 1 aliphatic rings. The zero-order chi connectivity index (χ0) is 10.9. The summed E-state index contributed by atoms with van der Waals surface area (Å²) in [6.07, 6.45) is 5.63. The van der Waals surface area contributed by atoms with E-state index < -0.39 is 0 Å². The average Bonchev–Trinajstić information content (AvgIpc) is 2.46. The van der Waals surface area contributed by atoms with Crippen LogP contribution in [0.15, 0.2) is 12.3 Å². The molecule has 1 unspecified atom stereocenters. The Kier molecular flexibility index (Phi) is 2.63. The molecule has 1 saturated carbocycles. The first-order chi connectivity index (χ1) is 7.08. The summed E-state index contributed by atoms with van der Waals surface area (Å²) in [5, 5.41) is 3.45. The van der Waals surface area contributed by atoms with Crippen molar-refractivity contribution in [1.82, 2.24) is 9.97 Å². The third-order valence-corrected chi connectivity index (χ3v) is 3.36. The van der Waals surface area contributed by atoms with E-state index >= 15 is 0 Å². The summed E-state index contributed by atoms with van der Waals surface area (Å²) in [6.45, 7) is 6.62. The molecule has 0 radical (unpaired) electrons. The lowest BCUT2D eigenvalue weighted by atomic mass is 9.87. The van der Waals surface area contributed by atoms with E-state index in [9.17, 15) is 0 Å². The van der Waals surface area contributed by atoms with Crippen molar-refractivity contribution in [2.24, 2.45) is 5.41 Å². The summed E-state index contributed by atoms with van der Waals surface area (Å²) in [5.74, 6) is 0.773. The van der Waals surface area contributed by atoms with Gasteiger partial charge in [-0.25, -0.2) is 9.97 Å². The van der Waals surface area contributed by atoms with E-state index in [0.29, 0.717) is 11.5 Å². The Morgan fingerprint density at radius 3 is 2.87 bits per heavy atom. The van der Waals surface area contributed by atoms with Crippen LogP contribution in [0, 0.1) is 12.3 Å². The lowest BCUT2D eigenvalue weighted by Crippen LogP contribution is -2.31. The molecule has 2 rings (SSSR count). The minimum absolute atomic E-state index is 0.368. The molecule has 0 saturated heterocycles. The van der Waals surface area contributed by atoms with Gasteiger partial charge < -0.3 is 5.32 Å². The quantitative estimate of drug-likeness (QED) is 0.806. The largest absolute Gasteiger partial charge is 0.351 e. The summed E-state index contributed by atoms with van der Waals surface area (Å²) in [7, 11) is 0. The van der Waals surface area contributed by atoms with E-state index in [1.54, 1.807) is 0 Å². The first kappa shape index (κ1) is 10.4. The van der Waals surface area contributed by atoms with E-state index in [4.69, 9.17) is 0 Å². The molecule has 0 spiro atoms. The maximum Gasteiger partial charge on any atom is 0.223 e. The van der Waals surface area contributed by atoms with Gasteiger partial charge in [-0.3, -0.25) is 0 Å². The standard InChI is InChI=1S/C12H19N3/c1-9-6-8-13-11(14-9)15-10-5-4-7-12(10,2)3/h6,8,10H,4-5,7H2,1-3H3,(H,13,14,15). The second-order valence-electron chi connectivity index (χ2n) is 5.10. The number of hydrogen-bond donors (Lipinski definition) is 1. The Morgan fingerprint density at radius 2 is 2.27 bits per heavy atom. The zero-order valence-corrected chi connectivity index (χ0v) is 9.75. The lowest BCUT2D eigenvalue weighted by Gasteiger charge is -2.27. The summed E-state index contributed by atoms with van der Waals surface area (Å²) in [5.41, 5.74) is 1.39. The fourth-order valence-electron chi connectivity index (χ4n) is 2.27. The van der Waals surface area contributed by atoms with E-state index in [2.05, 4.69) is 29.1 Å². The SMILES string of the molecule is Cc1ccnc(NC2CCCC2(C)C)n1. The van der Waals surface area contributed by atoms with Gasteiger partial charge in [0.25, 0.3) is 0 Å². The van der Waals surface area contributed by atoms with Crippen LogP contribution in [-0.4, -0.2) is 16.0 Å². The highest BCUT2D eigenvalue weighted by molar-refractivity contribution is 5.28. The predicted molar refractivity (Wildman–Crippen MR) is 61.8 cm³/mol. The van der Waals surface area contributed by atoms with Crippen LogP contribution in [0.25, 0.3) is 0 Å². The topological polar surface area (TPSA) is 37.8 Å². The molecule has 1 atom stereocenters. The predicted octanol–water partition coefficient (Wildman–Crippen LogP) is 2.78. The van der Waals surface area contributed by atoms with Crippen molar-refractivity contribution in [3.63, 3.8) is 0 Å². The number of hydrogen-bond acceptors (Lipinski definition) is 3. The fraction of sp³-hybridized carbons (Fsp3) is 0.667. The Balaban J connectivity index is 2.09. The van der Waals surface area contributed by atoms with E-state index in [1.807, 2.05) is 19.2 Å². The van der Waals surface area contributed by atoms with Gasteiger partial charge in [-0.15, -0.1) is 0 Å². The van der Waals surface area contributed by atoms with Gasteiger partial charge in [0.1, 0.15) is 0 Å². The van der Waals surface area contributed by atoms with Gasteiger partial charge >= 0.3 is 0 Å². The molecule has 1 aromatic heterocycles. The smallest absolute Gasteiger partial charge is 0.223 e. The van der Waals surface area contributed by atoms with Crippen molar-refractivity contribution < 1.29 is 0 Å². The van der Waals surface area contributed by atoms with Crippen LogP contribution in [-0.2, 0) is 0 Å². The fourth-order valence-corrected chi connectivity index (χ4v) is 2.27. The Bertz CT molecular complexity index is 346. The molecule has 15 heavy (non-hydrogen) atoms. The minimum atomic E-state index is 0.368. The van der Waals surface area contributed by atoms with Crippen molar-refractivity contribution in [2.75, 3.05) is 5.32 Å². The van der Waals surface area contributed by atoms with Gasteiger partial charge in [0.2, 0.25) is 5.95 Å². The van der Waals surface area contributed by atoms with E-state index in [0.717, 1.165) is 11.6 Å². The van der Waals surface area contributed by atoms with Gasteiger partial charge in [0, 0.05) is 17.9 Å². The molecule has 3 heteroatoms. The van der Waals surface area contributed by atoms with Gasteiger partial charge in [-0.1, -0.05) is 20.3 Å². The second kappa shape index (κ2) is 3.80. The minimum Gasteiger partial charge on any atom is -0.351 e. The number of aryl methyl sites for hydroxylation is 1. The molecule has 0 aliphatic heterocycles. The molecule has 82 valence electrons. The highest BCUT2D eigenvalue weighted by Crippen LogP contribution is 2.38. The number of rotatable bonds is 2. The number of nitrogens with zero attached hydrogens (tertiary/aromatic N) is 2. The summed E-state index contributed by atoms with van der Waals surface area (Å²) in [6, 6.07) is 2.43. The monoisotopic (exact) mass is 205 g/mol. The maximum absolute atomic E-state index is 4.38. The Hall–Kier alpha value is -1.12. The molecule has 1 N–H and O–H groups in total. The Labute approximate surface area is 91.3 Å². The molecule has 1 aliphatic carbocycles. The highest BCUT2D eigenvalue weighted by atomic mass is 15.1. The molecule has 1 fully saturated rings.